The van der Waals surface area contributed by atoms with Gasteiger partial charge in [-0.15, -0.1) is 23.4 Å². The normalized spacial score (nSPS) is 14.3. The van der Waals surface area contributed by atoms with Gasteiger partial charge in [0.15, 0.2) is 0 Å². The highest BCUT2D eigenvalue weighted by molar-refractivity contribution is 5.68. The Morgan fingerprint density at radius 2 is 1.80 bits per heavy atom. The zero-order valence-electron chi connectivity index (χ0n) is 24.5. The zero-order valence-corrected chi connectivity index (χ0v) is 24.5. The van der Waals surface area contributed by atoms with Crippen LogP contribution in [0.15, 0.2) is 66.1 Å². The number of carbonyl (C=O) groups is 1. The van der Waals surface area contributed by atoms with E-state index in [0.29, 0.717) is 5.56 Å². The largest absolute Gasteiger partial charge is 0.481 e. The van der Waals surface area contributed by atoms with Crippen LogP contribution in [0.3, 0.4) is 0 Å². The van der Waals surface area contributed by atoms with Gasteiger partial charge in [0.2, 0.25) is 11.3 Å². The molecular weight excluding hydrogens is 628 g/mol. The highest BCUT2D eigenvalue weighted by Gasteiger charge is 2.61. The topological polar surface area (TPSA) is 154 Å². The summed E-state index contributed by atoms with van der Waals surface area (Å²) in [6, 6.07) is 7.91. The van der Waals surface area contributed by atoms with E-state index >= 15 is 0 Å². The van der Waals surface area contributed by atoms with Gasteiger partial charge in [-0.2, -0.15) is 26.3 Å². The van der Waals surface area contributed by atoms with Crippen LogP contribution in [0.1, 0.15) is 50.1 Å². The first-order valence-electron chi connectivity index (χ1n) is 13.4. The van der Waals surface area contributed by atoms with Crippen molar-refractivity contribution in [1.29, 1.82) is 0 Å². The molecule has 46 heavy (non-hydrogen) atoms. The number of hydrogen-bond donors (Lipinski definition) is 2. The van der Waals surface area contributed by atoms with Crippen LogP contribution in [0.25, 0.3) is 11.6 Å². The third kappa shape index (κ3) is 8.26. The standard InChI is InChI=1S/C29H29F6N5O6/c1-5-12-27(29(33,34)35,45-16-18-10-8-7-9-11-18)25-39-38-24(46-25)22-20(40(43)44)14-19(28(30,31)32)23(36-22)37-26(3,4)15-17(6-2)13-21(41)42/h5-11,14,17H,1-2,12-13,15-16H2,3-4H3,(H,36,37)(H,41,42)/t17?,27-/m1/s1. The highest BCUT2D eigenvalue weighted by atomic mass is 19.4. The minimum absolute atomic E-state index is 0.0623. The zero-order chi connectivity index (χ0) is 34.5. The second-order valence-electron chi connectivity index (χ2n) is 10.8. The number of aromatic nitrogens is 3. The van der Waals surface area contributed by atoms with E-state index < -0.39 is 87.9 Å². The quantitative estimate of drug-likeness (QED) is 0.0728. The maximum atomic E-state index is 14.6. The number of nitrogens with one attached hydrogen (secondary N) is 1. The molecule has 2 heterocycles. The van der Waals surface area contributed by atoms with Crippen LogP contribution in [0.2, 0.25) is 0 Å². The summed E-state index contributed by atoms with van der Waals surface area (Å²) in [5.41, 5.74) is -8.07. The summed E-state index contributed by atoms with van der Waals surface area (Å²) in [5.74, 6) is -5.02. The number of pyridine rings is 1. The Kier molecular flexibility index (Phi) is 10.6. The fourth-order valence-corrected chi connectivity index (χ4v) is 4.59. The fraction of sp³-hybridized carbons (Fsp3) is 0.379. The number of carboxylic acids is 1. The Bertz CT molecular complexity index is 1570. The lowest BCUT2D eigenvalue weighted by atomic mass is 9.88. The van der Waals surface area contributed by atoms with Gasteiger partial charge >= 0.3 is 24.0 Å². The van der Waals surface area contributed by atoms with Gasteiger partial charge in [0.1, 0.15) is 11.4 Å². The third-order valence-corrected chi connectivity index (χ3v) is 6.69. The average Bonchev–Trinajstić information content (AvgIpc) is 3.43. The minimum Gasteiger partial charge on any atom is -0.481 e. The van der Waals surface area contributed by atoms with Crippen LogP contribution in [0.5, 0.6) is 0 Å². The number of allylic oxidation sites excluding steroid dienone is 1. The van der Waals surface area contributed by atoms with Gasteiger partial charge < -0.3 is 19.6 Å². The third-order valence-electron chi connectivity index (χ3n) is 6.69. The number of ether oxygens (including phenoxy) is 1. The smallest absolute Gasteiger partial charge is 0.426 e. The van der Waals surface area contributed by atoms with Crippen molar-refractivity contribution in [2.24, 2.45) is 5.92 Å². The van der Waals surface area contributed by atoms with Crippen LogP contribution in [-0.4, -0.2) is 42.9 Å². The molecule has 1 aromatic carbocycles. The Morgan fingerprint density at radius 1 is 1.15 bits per heavy atom. The van der Waals surface area contributed by atoms with Gasteiger partial charge in [0.25, 0.3) is 11.8 Å². The second kappa shape index (κ2) is 13.7. The number of benzene rings is 1. The highest BCUT2D eigenvalue weighted by Crippen LogP contribution is 2.47. The van der Waals surface area contributed by atoms with E-state index in [9.17, 15) is 41.3 Å². The summed E-state index contributed by atoms with van der Waals surface area (Å²) in [4.78, 5) is 25.6. The molecule has 2 N–H and O–H groups in total. The fourth-order valence-electron chi connectivity index (χ4n) is 4.59. The molecule has 0 bridgehead atoms. The van der Waals surface area contributed by atoms with E-state index in [2.05, 4.69) is 33.7 Å². The molecule has 2 atom stereocenters. The van der Waals surface area contributed by atoms with Crippen molar-refractivity contribution in [1.82, 2.24) is 15.2 Å². The lowest BCUT2D eigenvalue weighted by Crippen LogP contribution is -2.45. The molecule has 11 nitrogen and oxygen atoms in total. The first-order valence-corrected chi connectivity index (χ1v) is 13.4. The molecule has 17 heteroatoms. The van der Waals surface area contributed by atoms with Gasteiger partial charge in [0, 0.05) is 18.0 Å². The summed E-state index contributed by atoms with van der Waals surface area (Å²) in [5, 5.41) is 30.5. The summed E-state index contributed by atoms with van der Waals surface area (Å²) in [7, 11) is 0. The van der Waals surface area contributed by atoms with Gasteiger partial charge in [0.05, 0.1) is 18.0 Å². The number of halogens is 6. The molecule has 3 rings (SSSR count). The second-order valence-corrected chi connectivity index (χ2v) is 10.8. The van der Waals surface area contributed by atoms with Crippen LogP contribution < -0.4 is 5.32 Å². The van der Waals surface area contributed by atoms with Gasteiger partial charge in [-0.3, -0.25) is 14.9 Å². The van der Waals surface area contributed by atoms with Crippen molar-refractivity contribution in [3.8, 4) is 11.6 Å². The molecule has 0 spiro atoms. The SMILES string of the molecule is C=CC[C@@](OCc1ccccc1)(c1nnc(-c2nc(NC(C)(C)CC(C=C)CC(=O)O)c(C(F)(F)F)cc2[N+](=O)[O-])o1)C(F)(F)F. The van der Waals surface area contributed by atoms with Crippen LogP contribution >= 0.6 is 0 Å². The Balaban J connectivity index is 2.17. The molecule has 1 unspecified atom stereocenters. The van der Waals surface area contributed by atoms with E-state index in [1.807, 2.05) is 0 Å². The van der Waals surface area contributed by atoms with E-state index in [0.717, 1.165) is 6.08 Å². The van der Waals surface area contributed by atoms with Crippen LogP contribution in [-0.2, 0) is 27.9 Å². The molecule has 0 radical (unpaired) electrons. The van der Waals surface area contributed by atoms with Crippen LogP contribution in [0, 0.1) is 16.0 Å². The number of hydrogen-bond acceptors (Lipinski definition) is 9. The Labute approximate surface area is 258 Å². The molecule has 0 saturated heterocycles. The van der Waals surface area contributed by atoms with Crippen molar-refractivity contribution in [3.05, 3.63) is 88.8 Å². The van der Waals surface area contributed by atoms with E-state index in [1.165, 1.54) is 32.1 Å². The lowest BCUT2D eigenvalue weighted by Gasteiger charge is -2.31. The molecule has 0 fully saturated rings. The molecule has 248 valence electrons. The Morgan fingerprint density at radius 3 is 2.33 bits per heavy atom. The number of rotatable bonds is 15. The first kappa shape index (κ1) is 35.7. The summed E-state index contributed by atoms with van der Waals surface area (Å²) in [6.45, 7) is 9.15. The van der Waals surface area contributed by atoms with Crippen molar-refractivity contribution in [2.75, 3.05) is 5.32 Å². The monoisotopic (exact) mass is 657 g/mol. The maximum absolute atomic E-state index is 14.6. The summed E-state index contributed by atoms with van der Waals surface area (Å²) >= 11 is 0. The van der Waals surface area contributed by atoms with Crippen LogP contribution in [0.4, 0.5) is 37.8 Å². The van der Waals surface area contributed by atoms with Crippen molar-refractivity contribution < 1.29 is 50.3 Å². The number of aliphatic carboxylic acids is 1. The number of nitro groups is 1. The first-order chi connectivity index (χ1) is 21.3. The predicted molar refractivity (Wildman–Crippen MR) is 151 cm³/mol. The van der Waals surface area contributed by atoms with E-state index in [-0.39, 0.29) is 18.9 Å². The molecule has 0 saturated carbocycles. The molecule has 3 aromatic rings. The number of anilines is 1. The maximum Gasteiger partial charge on any atom is 0.426 e. The van der Waals surface area contributed by atoms with Gasteiger partial charge in [-0.25, -0.2) is 4.98 Å². The van der Waals surface area contributed by atoms with Crippen molar-refractivity contribution in [3.63, 3.8) is 0 Å². The predicted octanol–water partition coefficient (Wildman–Crippen LogP) is 7.47. The molecule has 0 aliphatic rings. The van der Waals surface area contributed by atoms with Gasteiger partial charge in [-0.05, 0) is 31.7 Å². The minimum atomic E-state index is -5.20. The lowest BCUT2D eigenvalue weighted by molar-refractivity contribution is -0.384. The Hall–Kier alpha value is -4.80. The number of nitrogens with zero attached hydrogens (tertiary/aromatic N) is 4. The summed E-state index contributed by atoms with van der Waals surface area (Å²) < 4.78 is 96.7. The van der Waals surface area contributed by atoms with Gasteiger partial charge in [-0.1, -0.05) is 42.5 Å². The molecular formula is C29H29F6N5O6. The molecule has 0 aliphatic carbocycles. The molecule has 0 amide bonds. The average molecular weight is 658 g/mol. The van der Waals surface area contributed by atoms with E-state index in [1.54, 1.807) is 18.2 Å². The number of carboxylic acid groups (broad SMARTS) is 1. The van der Waals surface area contributed by atoms with Crippen molar-refractivity contribution in [2.45, 2.75) is 63.2 Å². The van der Waals surface area contributed by atoms with E-state index in [4.69, 9.17) is 14.3 Å². The summed E-state index contributed by atoms with van der Waals surface area (Å²) in [6.07, 6.45) is -9.58. The number of alkyl halides is 6. The molecule has 2 aromatic heterocycles. The molecule has 0 aliphatic heterocycles. The van der Waals surface area contributed by atoms with Crippen molar-refractivity contribution >= 4 is 17.5 Å².